The van der Waals surface area contributed by atoms with Crippen molar-refractivity contribution in [2.24, 2.45) is 0 Å². The van der Waals surface area contributed by atoms with Gasteiger partial charge in [0, 0.05) is 12.0 Å². The molecule has 0 fully saturated rings. The SMILES string of the molecule is COc1cccc(CC(O)c2cc(C)ccc2F)c1F. The summed E-state index contributed by atoms with van der Waals surface area (Å²) in [6.07, 6.45) is -1.11. The molecule has 1 atom stereocenters. The van der Waals surface area contributed by atoms with Gasteiger partial charge in [0.05, 0.1) is 13.2 Å². The summed E-state index contributed by atoms with van der Waals surface area (Å²) in [5.41, 5.74) is 1.30. The number of halogens is 2. The summed E-state index contributed by atoms with van der Waals surface area (Å²) in [7, 11) is 1.37. The third-order valence-corrected chi connectivity index (χ3v) is 3.19. The standard InChI is InChI=1S/C16H16F2O2/c1-10-6-7-13(17)12(8-10)14(19)9-11-4-3-5-15(20-2)16(11)18/h3-8,14,19H,9H2,1-2H3. The van der Waals surface area contributed by atoms with Crippen LogP contribution >= 0.6 is 0 Å². The molecule has 0 saturated carbocycles. The third kappa shape index (κ3) is 2.96. The van der Waals surface area contributed by atoms with Crippen molar-refractivity contribution in [2.75, 3.05) is 7.11 Å². The highest BCUT2D eigenvalue weighted by Crippen LogP contribution is 2.26. The molecule has 4 heteroatoms. The third-order valence-electron chi connectivity index (χ3n) is 3.19. The van der Waals surface area contributed by atoms with Crippen LogP contribution in [0.2, 0.25) is 0 Å². The molecule has 1 N–H and O–H groups in total. The Morgan fingerprint density at radius 3 is 2.65 bits per heavy atom. The predicted octanol–water partition coefficient (Wildman–Crippen LogP) is 3.56. The maximum Gasteiger partial charge on any atom is 0.168 e. The number of aliphatic hydroxyl groups excluding tert-OH is 1. The van der Waals surface area contributed by atoms with E-state index in [1.54, 1.807) is 24.3 Å². The second-order valence-corrected chi connectivity index (χ2v) is 4.68. The highest BCUT2D eigenvalue weighted by molar-refractivity contribution is 5.33. The summed E-state index contributed by atoms with van der Waals surface area (Å²) >= 11 is 0. The van der Waals surface area contributed by atoms with E-state index in [4.69, 9.17) is 4.74 Å². The Balaban J connectivity index is 2.28. The Labute approximate surface area is 116 Å². The first-order chi connectivity index (χ1) is 9.52. The molecule has 106 valence electrons. The monoisotopic (exact) mass is 278 g/mol. The molecular formula is C16H16F2O2. The van der Waals surface area contributed by atoms with Gasteiger partial charge in [0.1, 0.15) is 5.82 Å². The number of benzene rings is 2. The molecule has 0 saturated heterocycles. The van der Waals surface area contributed by atoms with Gasteiger partial charge in [0.25, 0.3) is 0 Å². The van der Waals surface area contributed by atoms with Crippen LogP contribution in [0.25, 0.3) is 0 Å². The fourth-order valence-electron chi connectivity index (χ4n) is 2.11. The summed E-state index contributed by atoms with van der Waals surface area (Å²) in [5, 5.41) is 10.1. The van der Waals surface area contributed by atoms with Gasteiger partial charge in [0.2, 0.25) is 0 Å². The Morgan fingerprint density at radius 1 is 1.20 bits per heavy atom. The Kier molecular flexibility index (Phi) is 4.35. The van der Waals surface area contributed by atoms with Gasteiger partial charge in [-0.05, 0) is 24.6 Å². The second-order valence-electron chi connectivity index (χ2n) is 4.68. The van der Waals surface area contributed by atoms with Gasteiger partial charge in [-0.1, -0.05) is 29.8 Å². The second kappa shape index (κ2) is 6.01. The van der Waals surface area contributed by atoms with Crippen LogP contribution in [0.15, 0.2) is 36.4 Å². The van der Waals surface area contributed by atoms with Gasteiger partial charge in [0.15, 0.2) is 11.6 Å². The quantitative estimate of drug-likeness (QED) is 0.926. The zero-order valence-corrected chi connectivity index (χ0v) is 11.4. The number of aliphatic hydroxyl groups is 1. The van der Waals surface area contributed by atoms with Crippen LogP contribution in [0, 0.1) is 18.6 Å². The minimum atomic E-state index is -1.10. The molecule has 0 aliphatic heterocycles. The van der Waals surface area contributed by atoms with Gasteiger partial charge in [-0.2, -0.15) is 0 Å². The molecule has 0 aliphatic rings. The summed E-state index contributed by atoms with van der Waals surface area (Å²) in [6.45, 7) is 1.81. The molecule has 0 amide bonds. The van der Waals surface area contributed by atoms with E-state index in [2.05, 4.69) is 0 Å². The highest BCUT2D eigenvalue weighted by atomic mass is 19.1. The number of hydrogen-bond donors (Lipinski definition) is 1. The van der Waals surface area contributed by atoms with Crippen molar-refractivity contribution in [1.82, 2.24) is 0 Å². The fraction of sp³-hybridized carbons (Fsp3) is 0.250. The van der Waals surface area contributed by atoms with Crippen molar-refractivity contribution in [3.05, 3.63) is 64.7 Å². The zero-order chi connectivity index (χ0) is 14.7. The highest BCUT2D eigenvalue weighted by Gasteiger charge is 2.17. The lowest BCUT2D eigenvalue weighted by Crippen LogP contribution is -2.07. The van der Waals surface area contributed by atoms with E-state index < -0.39 is 17.7 Å². The summed E-state index contributed by atoms with van der Waals surface area (Å²) in [5.74, 6) is -0.909. The van der Waals surface area contributed by atoms with Gasteiger partial charge in [-0.3, -0.25) is 0 Å². The lowest BCUT2D eigenvalue weighted by atomic mass is 9.99. The van der Waals surface area contributed by atoms with E-state index in [1.807, 2.05) is 6.92 Å². The molecule has 0 aromatic heterocycles. The molecular weight excluding hydrogens is 262 g/mol. The normalized spacial score (nSPS) is 12.2. The Bertz CT molecular complexity index is 611. The molecule has 2 rings (SSSR count). The summed E-state index contributed by atoms with van der Waals surface area (Å²) < 4.78 is 32.6. The fourth-order valence-corrected chi connectivity index (χ4v) is 2.11. The van der Waals surface area contributed by atoms with E-state index in [1.165, 1.54) is 19.2 Å². The molecule has 0 aliphatic carbocycles. The van der Waals surface area contributed by atoms with E-state index in [0.29, 0.717) is 0 Å². The van der Waals surface area contributed by atoms with Crippen LogP contribution in [0.4, 0.5) is 8.78 Å². The molecule has 2 nitrogen and oxygen atoms in total. The van der Waals surface area contributed by atoms with Crippen LogP contribution in [0.5, 0.6) is 5.75 Å². The van der Waals surface area contributed by atoms with Crippen molar-refractivity contribution < 1.29 is 18.6 Å². The van der Waals surface area contributed by atoms with E-state index >= 15 is 0 Å². The number of methoxy groups -OCH3 is 1. The van der Waals surface area contributed by atoms with Gasteiger partial charge in [-0.15, -0.1) is 0 Å². The zero-order valence-electron chi connectivity index (χ0n) is 11.4. The van der Waals surface area contributed by atoms with Crippen molar-refractivity contribution in [3.8, 4) is 5.75 Å². The predicted molar refractivity (Wildman–Crippen MR) is 72.8 cm³/mol. The van der Waals surface area contributed by atoms with E-state index in [0.717, 1.165) is 5.56 Å². The number of hydrogen-bond acceptors (Lipinski definition) is 2. The van der Waals surface area contributed by atoms with Crippen LogP contribution in [0.3, 0.4) is 0 Å². The van der Waals surface area contributed by atoms with Crippen LogP contribution in [0.1, 0.15) is 22.8 Å². The first-order valence-corrected chi connectivity index (χ1v) is 6.28. The number of ether oxygens (including phenoxy) is 1. The topological polar surface area (TPSA) is 29.5 Å². The largest absolute Gasteiger partial charge is 0.494 e. The lowest BCUT2D eigenvalue weighted by Gasteiger charge is -2.14. The molecule has 0 spiro atoms. The minimum Gasteiger partial charge on any atom is -0.494 e. The Hall–Kier alpha value is -1.94. The van der Waals surface area contributed by atoms with Crippen LogP contribution < -0.4 is 4.74 Å². The maximum absolute atomic E-state index is 14.0. The average molecular weight is 278 g/mol. The molecule has 0 heterocycles. The molecule has 0 radical (unpaired) electrons. The average Bonchev–Trinajstić information content (AvgIpc) is 2.43. The van der Waals surface area contributed by atoms with Crippen molar-refractivity contribution in [2.45, 2.75) is 19.4 Å². The van der Waals surface area contributed by atoms with Gasteiger partial charge < -0.3 is 9.84 Å². The van der Waals surface area contributed by atoms with E-state index in [-0.39, 0.29) is 23.3 Å². The van der Waals surface area contributed by atoms with Crippen molar-refractivity contribution >= 4 is 0 Å². The minimum absolute atomic E-state index is 0.0105. The molecule has 2 aromatic carbocycles. The van der Waals surface area contributed by atoms with Crippen molar-refractivity contribution in [3.63, 3.8) is 0 Å². The Morgan fingerprint density at radius 2 is 1.95 bits per heavy atom. The lowest BCUT2D eigenvalue weighted by molar-refractivity contribution is 0.172. The first-order valence-electron chi connectivity index (χ1n) is 6.28. The number of aryl methyl sites for hydroxylation is 1. The first kappa shape index (κ1) is 14.5. The van der Waals surface area contributed by atoms with Crippen LogP contribution in [-0.2, 0) is 6.42 Å². The summed E-state index contributed by atoms with van der Waals surface area (Å²) in [6, 6.07) is 9.18. The number of rotatable bonds is 4. The molecule has 1 unspecified atom stereocenters. The molecule has 2 aromatic rings. The van der Waals surface area contributed by atoms with Gasteiger partial charge >= 0.3 is 0 Å². The van der Waals surface area contributed by atoms with E-state index in [9.17, 15) is 13.9 Å². The van der Waals surface area contributed by atoms with Crippen molar-refractivity contribution in [1.29, 1.82) is 0 Å². The summed E-state index contributed by atoms with van der Waals surface area (Å²) in [4.78, 5) is 0. The molecule has 0 bridgehead atoms. The smallest absolute Gasteiger partial charge is 0.168 e. The maximum atomic E-state index is 14.0. The van der Waals surface area contributed by atoms with Gasteiger partial charge in [-0.25, -0.2) is 8.78 Å². The van der Waals surface area contributed by atoms with Crippen LogP contribution in [-0.4, -0.2) is 12.2 Å². The molecule has 20 heavy (non-hydrogen) atoms.